The van der Waals surface area contributed by atoms with E-state index < -0.39 is 0 Å². The van der Waals surface area contributed by atoms with Crippen molar-refractivity contribution in [1.82, 2.24) is 5.32 Å². The van der Waals surface area contributed by atoms with Gasteiger partial charge in [0.2, 0.25) is 0 Å². The van der Waals surface area contributed by atoms with E-state index in [4.69, 9.17) is 0 Å². The predicted molar refractivity (Wildman–Crippen MR) is 80.1 cm³/mol. The molecule has 0 bridgehead atoms. The zero-order chi connectivity index (χ0) is 13.5. The summed E-state index contributed by atoms with van der Waals surface area (Å²) in [5, 5.41) is 14.3. The maximum Gasteiger partial charge on any atom is 0.275 e. The van der Waals surface area contributed by atoms with Crippen molar-refractivity contribution in [1.29, 1.82) is 0 Å². The summed E-state index contributed by atoms with van der Waals surface area (Å²) in [4.78, 5) is 10.6. The van der Waals surface area contributed by atoms with Crippen LogP contribution in [0, 0.1) is 10.1 Å². The fourth-order valence-corrected chi connectivity index (χ4v) is 2.74. The summed E-state index contributed by atoms with van der Waals surface area (Å²) in [7, 11) is 0. The molecule has 1 N–H and O–H groups in total. The van der Waals surface area contributed by atoms with E-state index in [0.29, 0.717) is 12.6 Å². The molecule has 0 aliphatic heterocycles. The van der Waals surface area contributed by atoms with Crippen LogP contribution >= 0.6 is 27.7 Å². The maximum atomic E-state index is 11.0. The summed E-state index contributed by atoms with van der Waals surface area (Å²) in [5.74, 6) is 1.01. The highest BCUT2D eigenvalue weighted by Gasteiger charge is 2.15. The Morgan fingerprint density at radius 3 is 2.83 bits per heavy atom. The van der Waals surface area contributed by atoms with Crippen LogP contribution in [0.3, 0.4) is 0 Å². The molecule has 0 aromatic heterocycles. The highest BCUT2D eigenvalue weighted by molar-refractivity contribution is 9.10. The Bertz CT molecular complexity index is 415. The van der Waals surface area contributed by atoms with E-state index in [1.165, 1.54) is 0 Å². The SMILES string of the molecule is CCC(CSC)NCc1ccc(Br)cc1[N+](=O)[O-]. The zero-order valence-corrected chi connectivity index (χ0v) is 12.9. The second kappa shape index (κ2) is 7.76. The second-order valence-corrected chi connectivity index (χ2v) is 5.80. The molecule has 1 rings (SSSR count). The van der Waals surface area contributed by atoms with E-state index in [2.05, 4.69) is 34.4 Å². The molecule has 4 nitrogen and oxygen atoms in total. The number of nitro benzene ring substituents is 1. The van der Waals surface area contributed by atoms with Gasteiger partial charge in [0.25, 0.3) is 5.69 Å². The monoisotopic (exact) mass is 332 g/mol. The molecule has 0 saturated heterocycles. The minimum absolute atomic E-state index is 0.163. The van der Waals surface area contributed by atoms with Crippen LogP contribution in [0.15, 0.2) is 22.7 Å². The van der Waals surface area contributed by atoms with Crippen molar-refractivity contribution in [2.45, 2.75) is 25.9 Å². The first-order chi connectivity index (χ1) is 8.58. The van der Waals surface area contributed by atoms with Gasteiger partial charge in [0, 0.05) is 34.4 Å². The van der Waals surface area contributed by atoms with E-state index in [0.717, 1.165) is 22.2 Å². The van der Waals surface area contributed by atoms with Crippen molar-refractivity contribution >= 4 is 33.4 Å². The van der Waals surface area contributed by atoms with Gasteiger partial charge in [-0.1, -0.05) is 22.9 Å². The van der Waals surface area contributed by atoms with Gasteiger partial charge in [0.15, 0.2) is 0 Å². The summed E-state index contributed by atoms with van der Waals surface area (Å²) in [6, 6.07) is 5.57. The quantitative estimate of drug-likeness (QED) is 0.612. The lowest BCUT2D eigenvalue weighted by molar-refractivity contribution is -0.385. The van der Waals surface area contributed by atoms with E-state index in [1.54, 1.807) is 23.9 Å². The fourth-order valence-electron chi connectivity index (χ4n) is 1.63. The van der Waals surface area contributed by atoms with Gasteiger partial charge in [-0.15, -0.1) is 0 Å². The molecule has 0 amide bonds. The lowest BCUT2D eigenvalue weighted by atomic mass is 10.1. The number of nitrogens with one attached hydrogen (secondary N) is 1. The average molecular weight is 333 g/mol. The Hall–Kier alpha value is -0.590. The smallest absolute Gasteiger partial charge is 0.275 e. The third kappa shape index (κ3) is 4.59. The first kappa shape index (κ1) is 15.5. The average Bonchev–Trinajstić information content (AvgIpc) is 2.35. The Kier molecular flexibility index (Phi) is 6.67. The second-order valence-electron chi connectivity index (χ2n) is 3.97. The highest BCUT2D eigenvalue weighted by Crippen LogP contribution is 2.23. The predicted octanol–water partition coefficient (Wildman–Crippen LogP) is 3.59. The molecule has 1 aromatic carbocycles. The van der Waals surface area contributed by atoms with Gasteiger partial charge in [-0.3, -0.25) is 10.1 Å². The van der Waals surface area contributed by atoms with Crippen molar-refractivity contribution in [3.05, 3.63) is 38.3 Å². The molecule has 0 radical (unpaired) electrons. The van der Waals surface area contributed by atoms with Crippen molar-refractivity contribution in [3.8, 4) is 0 Å². The van der Waals surface area contributed by atoms with Crippen molar-refractivity contribution in [2.75, 3.05) is 12.0 Å². The van der Waals surface area contributed by atoms with Crippen LogP contribution in [0.5, 0.6) is 0 Å². The van der Waals surface area contributed by atoms with Gasteiger partial charge in [-0.2, -0.15) is 11.8 Å². The molecule has 0 fully saturated rings. The van der Waals surface area contributed by atoms with Crippen molar-refractivity contribution in [3.63, 3.8) is 0 Å². The molecule has 0 aliphatic carbocycles. The van der Waals surface area contributed by atoms with Crippen LogP contribution in [0.2, 0.25) is 0 Å². The Morgan fingerprint density at radius 2 is 2.28 bits per heavy atom. The number of rotatable bonds is 7. The number of thioether (sulfide) groups is 1. The maximum absolute atomic E-state index is 11.0. The van der Waals surface area contributed by atoms with Gasteiger partial charge < -0.3 is 5.32 Å². The molecular weight excluding hydrogens is 316 g/mol. The molecule has 18 heavy (non-hydrogen) atoms. The standard InChI is InChI=1S/C12H17BrN2O2S/c1-3-11(8-18-2)14-7-9-4-5-10(13)6-12(9)15(16)17/h4-6,11,14H,3,7-8H2,1-2H3. The minimum atomic E-state index is -0.336. The third-order valence-electron chi connectivity index (χ3n) is 2.69. The summed E-state index contributed by atoms with van der Waals surface area (Å²) >= 11 is 5.03. The molecule has 1 aromatic rings. The number of nitrogens with zero attached hydrogens (tertiary/aromatic N) is 1. The summed E-state index contributed by atoms with van der Waals surface area (Å²) in [6.07, 6.45) is 3.08. The topological polar surface area (TPSA) is 55.2 Å². The van der Waals surface area contributed by atoms with Gasteiger partial charge in [-0.25, -0.2) is 0 Å². The van der Waals surface area contributed by atoms with Gasteiger partial charge in [0.05, 0.1) is 4.92 Å². The number of halogens is 1. The molecule has 6 heteroatoms. The minimum Gasteiger partial charge on any atom is -0.309 e. The number of benzene rings is 1. The Labute approximate surface area is 120 Å². The molecule has 0 spiro atoms. The molecule has 0 aliphatic rings. The normalized spacial score (nSPS) is 12.4. The van der Waals surface area contributed by atoms with E-state index in [-0.39, 0.29) is 10.6 Å². The molecular formula is C12H17BrN2O2S. The summed E-state index contributed by atoms with van der Waals surface area (Å²) in [6.45, 7) is 2.65. The van der Waals surface area contributed by atoms with Gasteiger partial charge in [-0.05, 0) is 24.8 Å². The van der Waals surface area contributed by atoms with Gasteiger partial charge in [0.1, 0.15) is 0 Å². The Balaban J connectivity index is 2.74. The lowest BCUT2D eigenvalue weighted by Gasteiger charge is -2.15. The fraction of sp³-hybridized carbons (Fsp3) is 0.500. The zero-order valence-electron chi connectivity index (χ0n) is 10.5. The molecule has 1 unspecified atom stereocenters. The van der Waals surface area contributed by atoms with Crippen LogP contribution < -0.4 is 5.32 Å². The van der Waals surface area contributed by atoms with E-state index >= 15 is 0 Å². The third-order valence-corrected chi connectivity index (χ3v) is 3.91. The highest BCUT2D eigenvalue weighted by atomic mass is 79.9. The van der Waals surface area contributed by atoms with Crippen LogP contribution in [0.1, 0.15) is 18.9 Å². The number of hydrogen-bond donors (Lipinski definition) is 1. The number of nitro groups is 1. The largest absolute Gasteiger partial charge is 0.309 e. The first-order valence-electron chi connectivity index (χ1n) is 5.73. The van der Waals surface area contributed by atoms with Crippen molar-refractivity contribution in [2.24, 2.45) is 0 Å². The summed E-state index contributed by atoms with van der Waals surface area (Å²) in [5.41, 5.74) is 0.888. The van der Waals surface area contributed by atoms with Crippen LogP contribution in [0.4, 0.5) is 5.69 Å². The number of hydrogen-bond acceptors (Lipinski definition) is 4. The molecule has 1 atom stereocenters. The molecule has 0 heterocycles. The Morgan fingerprint density at radius 1 is 1.56 bits per heavy atom. The summed E-state index contributed by atoms with van der Waals surface area (Å²) < 4.78 is 0.731. The van der Waals surface area contributed by atoms with Crippen LogP contribution in [-0.4, -0.2) is 23.0 Å². The first-order valence-corrected chi connectivity index (χ1v) is 7.92. The van der Waals surface area contributed by atoms with Crippen molar-refractivity contribution < 1.29 is 4.92 Å². The molecule has 0 saturated carbocycles. The van der Waals surface area contributed by atoms with Crippen LogP contribution in [0.25, 0.3) is 0 Å². The van der Waals surface area contributed by atoms with E-state index in [1.807, 2.05) is 6.07 Å². The lowest BCUT2D eigenvalue weighted by Crippen LogP contribution is -2.30. The van der Waals surface area contributed by atoms with E-state index in [9.17, 15) is 10.1 Å². The molecule has 100 valence electrons. The van der Waals surface area contributed by atoms with Gasteiger partial charge >= 0.3 is 0 Å². The van der Waals surface area contributed by atoms with Crippen LogP contribution in [-0.2, 0) is 6.54 Å².